The molecule has 1 aliphatic heterocycles. The Bertz CT molecular complexity index is 626. The maximum atomic E-state index is 12.5. The molecule has 1 saturated heterocycles. The molecular weight excluding hydrogens is 252 g/mol. The first-order chi connectivity index (χ1) is 9.67. The number of hydrogen-bond acceptors (Lipinski definition) is 3. The van der Waals surface area contributed by atoms with Gasteiger partial charge in [0.05, 0.1) is 11.0 Å². The van der Waals surface area contributed by atoms with Crippen LogP contribution in [0.1, 0.15) is 23.1 Å². The zero-order chi connectivity index (χ0) is 14.1. The van der Waals surface area contributed by atoms with Crippen molar-refractivity contribution in [2.75, 3.05) is 33.2 Å². The Morgan fingerprint density at radius 3 is 2.75 bits per heavy atom. The van der Waals surface area contributed by atoms with Gasteiger partial charge in [-0.3, -0.25) is 4.79 Å². The highest BCUT2D eigenvalue weighted by atomic mass is 16.2. The third kappa shape index (κ3) is 2.41. The van der Waals surface area contributed by atoms with Crippen molar-refractivity contribution in [3.63, 3.8) is 0 Å². The summed E-state index contributed by atoms with van der Waals surface area (Å²) in [7, 11) is 2.09. The maximum absolute atomic E-state index is 12.5. The Hall–Kier alpha value is -1.88. The van der Waals surface area contributed by atoms with E-state index in [1.807, 2.05) is 23.1 Å². The molecule has 1 N–H and O–H groups in total. The zero-order valence-electron chi connectivity index (χ0n) is 12.0. The number of aromatic amines is 1. The predicted molar refractivity (Wildman–Crippen MR) is 78.9 cm³/mol. The van der Waals surface area contributed by atoms with Crippen LogP contribution in [-0.4, -0.2) is 58.9 Å². The molecule has 5 heteroatoms. The molecule has 0 radical (unpaired) electrons. The molecule has 0 atom stereocenters. The summed E-state index contributed by atoms with van der Waals surface area (Å²) in [5.41, 5.74) is 2.62. The lowest BCUT2D eigenvalue weighted by molar-refractivity contribution is 0.0664. The normalized spacial score (nSPS) is 16.8. The average Bonchev–Trinajstić information content (AvgIpc) is 2.89. The van der Waals surface area contributed by atoms with Crippen molar-refractivity contribution in [3.8, 4) is 0 Å². The number of H-pyrrole nitrogens is 1. The number of fused-ring (bicyclic) bond motifs is 1. The molecule has 0 spiro atoms. The molecule has 106 valence electrons. The maximum Gasteiger partial charge on any atom is 0.254 e. The van der Waals surface area contributed by atoms with Gasteiger partial charge in [-0.05, 0) is 25.2 Å². The minimum absolute atomic E-state index is 0.118. The van der Waals surface area contributed by atoms with Gasteiger partial charge < -0.3 is 14.8 Å². The Morgan fingerprint density at radius 1 is 1.30 bits per heavy atom. The standard InChI is InChI=1S/C15H20N4O/c1-3-14-16-12-5-4-11(10-13(12)17-14)15(20)19-8-6-18(2)7-9-19/h4-5,10H,3,6-9H2,1-2H3,(H,16,17). The van der Waals surface area contributed by atoms with E-state index < -0.39 is 0 Å². The predicted octanol–water partition coefficient (Wildman–Crippen LogP) is 1.51. The first-order valence-corrected chi connectivity index (χ1v) is 7.14. The fraction of sp³-hybridized carbons (Fsp3) is 0.467. The second-order valence-corrected chi connectivity index (χ2v) is 5.36. The van der Waals surface area contributed by atoms with E-state index in [-0.39, 0.29) is 5.91 Å². The van der Waals surface area contributed by atoms with Crippen molar-refractivity contribution < 1.29 is 4.79 Å². The van der Waals surface area contributed by atoms with E-state index in [0.717, 1.165) is 55.0 Å². The highest BCUT2D eigenvalue weighted by Gasteiger charge is 2.20. The number of carbonyl (C=O) groups is 1. The molecule has 1 fully saturated rings. The fourth-order valence-corrected chi connectivity index (χ4v) is 2.56. The first kappa shape index (κ1) is 13.1. The molecule has 2 heterocycles. The quantitative estimate of drug-likeness (QED) is 0.901. The van der Waals surface area contributed by atoms with Gasteiger partial charge >= 0.3 is 0 Å². The van der Waals surface area contributed by atoms with Gasteiger partial charge in [-0.15, -0.1) is 0 Å². The van der Waals surface area contributed by atoms with Crippen molar-refractivity contribution in [2.24, 2.45) is 0 Å². The van der Waals surface area contributed by atoms with Crippen LogP contribution in [0.5, 0.6) is 0 Å². The topological polar surface area (TPSA) is 52.2 Å². The minimum atomic E-state index is 0.118. The third-order valence-electron chi connectivity index (χ3n) is 3.90. The average molecular weight is 272 g/mol. The van der Waals surface area contributed by atoms with E-state index in [9.17, 15) is 4.79 Å². The summed E-state index contributed by atoms with van der Waals surface area (Å²) in [5.74, 6) is 1.08. The Morgan fingerprint density at radius 2 is 2.05 bits per heavy atom. The van der Waals surface area contributed by atoms with Gasteiger partial charge in [0.2, 0.25) is 0 Å². The molecule has 2 aromatic rings. The van der Waals surface area contributed by atoms with Gasteiger partial charge in [-0.1, -0.05) is 6.92 Å². The van der Waals surface area contributed by atoms with Crippen molar-refractivity contribution in [1.29, 1.82) is 0 Å². The van der Waals surface area contributed by atoms with Gasteiger partial charge in [-0.2, -0.15) is 0 Å². The molecule has 0 bridgehead atoms. The lowest BCUT2D eigenvalue weighted by Crippen LogP contribution is -2.47. The second kappa shape index (κ2) is 5.25. The smallest absolute Gasteiger partial charge is 0.254 e. The Balaban J connectivity index is 1.84. The zero-order valence-corrected chi connectivity index (χ0v) is 12.0. The summed E-state index contributed by atoms with van der Waals surface area (Å²) >= 11 is 0. The Kier molecular flexibility index (Phi) is 3.44. The van der Waals surface area contributed by atoms with Crippen LogP contribution in [0.3, 0.4) is 0 Å². The van der Waals surface area contributed by atoms with E-state index in [4.69, 9.17) is 0 Å². The van der Waals surface area contributed by atoms with E-state index >= 15 is 0 Å². The van der Waals surface area contributed by atoms with Crippen LogP contribution < -0.4 is 0 Å². The number of aryl methyl sites for hydroxylation is 1. The number of amides is 1. The molecule has 5 nitrogen and oxygen atoms in total. The number of likely N-dealkylation sites (N-methyl/N-ethyl adjacent to an activating group) is 1. The van der Waals surface area contributed by atoms with Crippen LogP contribution in [0.15, 0.2) is 18.2 Å². The molecule has 1 aliphatic rings. The van der Waals surface area contributed by atoms with Crippen molar-refractivity contribution >= 4 is 16.9 Å². The van der Waals surface area contributed by atoms with Crippen molar-refractivity contribution in [2.45, 2.75) is 13.3 Å². The van der Waals surface area contributed by atoms with E-state index in [1.54, 1.807) is 0 Å². The SMILES string of the molecule is CCc1nc2ccc(C(=O)N3CCN(C)CC3)cc2[nH]1. The fourth-order valence-electron chi connectivity index (χ4n) is 2.56. The monoisotopic (exact) mass is 272 g/mol. The number of carbonyl (C=O) groups excluding carboxylic acids is 1. The highest BCUT2D eigenvalue weighted by Crippen LogP contribution is 2.16. The summed E-state index contributed by atoms with van der Waals surface area (Å²) in [4.78, 5) is 24.4. The van der Waals surface area contributed by atoms with Crippen LogP contribution in [0.2, 0.25) is 0 Å². The number of imidazole rings is 1. The summed E-state index contributed by atoms with van der Waals surface area (Å²) in [6.07, 6.45) is 0.871. The van der Waals surface area contributed by atoms with Crippen molar-refractivity contribution in [3.05, 3.63) is 29.6 Å². The van der Waals surface area contributed by atoms with Crippen LogP contribution in [0.4, 0.5) is 0 Å². The van der Waals surface area contributed by atoms with Gasteiger partial charge in [0, 0.05) is 38.2 Å². The molecular formula is C15H20N4O. The summed E-state index contributed by atoms with van der Waals surface area (Å²) in [6, 6.07) is 5.72. The molecule has 0 saturated carbocycles. The number of rotatable bonds is 2. The van der Waals surface area contributed by atoms with E-state index in [2.05, 4.69) is 28.8 Å². The summed E-state index contributed by atoms with van der Waals surface area (Å²) < 4.78 is 0. The summed E-state index contributed by atoms with van der Waals surface area (Å²) in [5, 5.41) is 0. The number of hydrogen-bond donors (Lipinski definition) is 1. The lowest BCUT2D eigenvalue weighted by atomic mass is 10.1. The van der Waals surface area contributed by atoms with Gasteiger partial charge in [0.25, 0.3) is 5.91 Å². The van der Waals surface area contributed by atoms with Crippen LogP contribution in [-0.2, 0) is 6.42 Å². The van der Waals surface area contributed by atoms with Crippen molar-refractivity contribution in [1.82, 2.24) is 19.8 Å². The largest absolute Gasteiger partial charge is 0.342 e. The number of nitrogens with zero attached hydrogens (tertiary/aromatic N) is 3. The molecule has 1 amide bonds. The van der Waals surface area contributed by atoms with Crippen LogP contribution >= 0.6 is 0 Å². The van der Waals surface area contributed by atoms with Gasteiger partial charge in [0.15, 0.2) is 0 Å². The molecule has 1 aromatic heterocycles. The second-order valence-electron chi connectivity index (χ2n) is 5.36. The third-order valence-corrected chi connectivity index (χ3v) is 3.90. The van der Waals surface area contributed by atoms with Gasteiger partial charge in [0.1, 0.15) is 5.82 Å². The number of benzene rings is 1. The number of piperazine rings is 1. The molecule has 0 unspecified atom stereocenters. The summed E-state index contributed by atoms with van der Waals surface area (Å²) in [6.45, 7) is 5.55. The molecule has 3 rings (SSSR count). The first-order valence-electron chi connectivity index (χ1n) is 7.14. The van der Waals surface area contributed by atoms with Crippen LogP contribution in [0.25, 0.3) is 11.0 Å². The lowest BCUT2D eigenvalue weighted by Gasteiger charge is -2.32. The van der Waals surface area contributed by atoms with E-state index in [1.165, 1.54) is 0 Å². The van der Waals surface area contributed by atoms with E-state index in [0.29, 0.717) is 0 Å². The number of aromatic nitrogens is 2. The van der Waals surface area contributed by atoms with Crippen LogP contribution in [0, 0.1) is 0 Å². The molecule has 20 heavy (non-hydrogen) atoms. The van der Waals surface area contributed by atoms with Gasteiger partial charge in [-0.25, -0.2) is 4.98 Å². The number of nitrogens with one attached hydrogen (secondary N) is 1. The Labute approximate surface area is 118 Å². The highest BCUT2D eigenvalue weighted by molar-refractivity contribution is 5.97. The molecule has 0 aliphatic carbocycles. The minimum Gasteiger partial charge on any atom is -0.342 e. The molecule has 1 aromatic carbocycles.